The molecule has 7 heteroatoms. The lowest BCUT2D eigenvalue weighted by Crippen LogP contribution is -2.42. The lowest BCUT2D eigenvalue weighted by molar-refractivity contribution is 0.0983. The van der Waals surface area contributed by atoms with Gasteiger partial charge in [0.25, 0.3) is 0 Å². The third kappa shape index (κ3) is 3.28. The van der Waals surface area contributed by atoms with Crippen LogP contribution in [-0.2, 0) is 4.74 Å². The number of aromatic nitrogens is 1. The Morgan fingerprint density at radius 1 is 1.58 bits per heavy atom. The van der Waals surface area contributed by atoms with E-state index in [1.165, 1.54) is 11.5 Å². The zero-order valence-electron chi connectivity index (χ0n) is 11.3. The molecule has 2 heterocycles. The van der Waals surface area contributed by atoms with Gasteiger partial charge < -0.3 is 20.7 Å². The molecule has 1 aliphatic rings. The molecule has 0 atom stereocenters. The van der Waals surface area contributed by atoms with Crippen molar-refractivity contribution in [3.8, 4) is 0 Å². The summed E-state index contributed by atoms with van der Waals surface area (Å²) in [7, 11) is 0. The van der Waals surface area contributed by atoms with E-state index in [9.17, 15) is 4.79 Å². The molecule has 0 bridgehead atoms. The van der Waals surface area contributed by atoms with Crippen molar-refractivity contribution in [1.29, 1.82) is 0 Å². The Hall–Kier alpha value is -1.50. The molecular formula is C12H20N4O2S. The molecule has 1 aliphatic heterocycles. The van der Waals surface area contributed by atoms with Crippen LogP contribution in [0.15, 0.2) is 0 Å². The zero-order valence-corrected chi connectivity index (χ0v) is 12.1. The summed E-state index contributed by atoms with van der Waals surface area (Å²) in [4.78, 5) is 13.3. The highest BCUT2D eigenvalue weighted by atomic mass is 32.1. The summed E-state index contributed by atoms with van der Waals surface area (Å²) in [5.41, 5.74) is 6.74. The topological polar surface area (TPSA) is 80.5 Å². The molecule has 0 spiro atoms. The number of nitrogen functional groups attached to an aromatic ring is 1. The Bertz CT molecular complexity index is 441. The van der Waals surface area contributed by atoms with Crippen molar-refractivity contribution >= 4 is 28.4 Å². The predicted molar refractivity (Wildman–Crippen MR) is 76.5 cm³/mol. The molecule has 1 saturated heterocycles. The molecule has 2 rings (SSSR count). The van der Waals surface area contributed by atoms with Gasteiger partial charge in [0.05, 0.1) is 6.61 Å². The molecule has 0 saturated carbocycles. The van der Waals surface area contributed by atoms with Crippen LogP contribution in [0, 0.1) is 6.92 Å². The summed E-state index contributed by atoms with van der Waals surface area (Å²) >= 11 is 1.39. The molecule has 1 fully saturated rings. The molecule has 19 heavy (non-hydrogen) atoms. The Morgan fingerprint density at radius 2 is 2.26 bits per heavy atom. The van der Waals surface area contributed by atoms with Crippen LogP contribution in [0.5, 0.6) is 0 Å². The average Bonchev–Trinajstić information content (AvgIpc) is 2.72. The molecule has 3 N–H and O–H groups in total. The zero-order chi connectivity index (χ0) is 13.8. The molecule has 1 aromatic heterocycles. The molecule has 0 unspecified atom stereocenters. The smallest absolute Gasteiger partial charge is 0.409 e. The van der Waals surface area contributed by atoms with E-state index in [0.29, 0.717) is 18.5 Å². The van der Waals surface area contributed by atoms with E-state index in [-0.39, 0.29) is 6.09 Å². The van der Waals surface area contributed by atoms with Crippen molar-refractivity contribution in [3.05, 3.63) is 5.56 Å². The van der Waals surface area contributed by atoms with E-state index < -0.39 is 0 Å². The van der Waals surface area contributed by atoms with Crippen molar-refractivity contribution < 1.29 is 9.53 Å². The van der Waals surface area contributed by atoms with Gasteiger partial charge in [-0.05, 0) is 38.2 Å². The molecule has 1 amide bonds. The number of piperidine rings is 1. The third-order valence-corrected chi connectivity index (χ3v) is 4.21. The molecule has 1 aromatic rings. The van der Waals surface area contributed by atoms with Crippen LogP contribution < -0.4 is 11.1 Å². The standard InChI is InChI=1S/C12H20N4O2S/c1-3-18-12(17)16-6-4-9(5-7-16)14-11-8(2)10(13)15-19-11/h9,14H,3-7H2,1-2H3,(H2,13,15). The van der Waals surface area contributed by atoms with Crippen LogP contribution in [0.1, 0.15) is 25.3 Å². The number of hydrogen-bond acceptors (Lipinski definition) is 6. The van der Waals surface area contributed by atoms with Gasteiger partial charge in [0, 0.05) is 24.7 Å². The maximum Gasteiger partial charge on any atom is 0.409 e. The lowest BCUT2D eigenvalue weighted by atomic mass is 10.1. The van der Waals surface area contributed by atoms with E-state index in [1.807, 2.05) is 13.8 Å². The summed E-state index contributed by atoms with van der Waals surface area (Å²) in [6.07, 6.45) is 1.62. The normalized spacial score (nSPS) is 16.4. The second kappa shape index (κ2) is 6.10. The Morgan fingerprint density at radius 3 is 2.79 bits per heavy atom. The van der Waals surface area contributed by atoms with Crippen LogP contribution >= 0.6 is 11.5 Å². The Labute approximate surface area is 117 Å². The molecule has 6 nitrogen and oxygen atoms in total. The molecular weight excluding hydrogens is 264 g/mol. The number of anilines is 2. The number of ether oxygens (including phenoxy) is 1. The fourth-order valence-electron chi connectivity index (χ4n) is 2.09. The van der Waals surface area contributed by atoms with Crippen LogP contribution in [0.25, 0.3) is 0 Å². The number of nitrogens with one attached hydrogen (secondary N) is 1. The Balaban J connectivity index is 1.83. The van der Waals surface area contributed by atoms with E-state index in [4.69, 9.17) is 10.5 Å². The number of nitrogens with zero attached hydrogens (tertiary/aromatic N) is 2. The number of likely N-dealkylation sites (tertiary alicyclic amines) is 1. The van der Waals surface area contributed by atoms with Gasteiger partial charge >= 0.3 is 6.09 Å². The van der Waals surface area contributed by atoms with E-state index in [0.717, 1.165) is 36.5 Å². The molecule has 0 aliphatic carbocycles. The van der Waals surface area contributed by atoms with Crippen LogP contribution in [0.2, 0.25) is 0 Å². The summed E-state index contributed by atoms with van der Waals surface area (Å²) in [5.74, 6) is 0.594. The van der Waals surface area contributed by atoms with E-state index in [1.54, 1.807) is 4.90 Å². The van der Waals surface area contributed by atoms with Gasteiger partial charge in [-0.15, -0.1) is 0 Å². The highest BCUT2D eigenvalue weighted by molar-refractivity contribution is 7.10. The predicted octanol–water partition coefficient (Wildman–Crippen LogP) is 2.07. The summed E-state index contributed by atoms with van der Waals surface area (Å²) in [6.45, 7) is 5.67. The monoisotopic (exact) mass is 284 g/mol. The first-order chi connectivity index (χ1) is 9.11. The minimum Gasteiger partial charge on any atom is -0.450 e. The number of carbonyl (C=O) groups is 1. The minimum absolute atomic E-state index is 0.209. The fourth-order valence-corrected chi connectivity index (χ4v) is 2.88. The van der Waals surface area contributed by atoms with Gasteiger partial charge in [0.15, 0.2) is 0 Å². The fraction of sp³-hybridized carbons (Fsp3) is 0.667. The van der Waals surface area contributed by atoms with Crippen molar-refractivity contribution in [2.45, 2.75) is 32.7 Å². The summed E-state index contributed by atoms with van der Waals surface area (Å²) in [5, 5.41) is 4.49. The van der Waals surface area contributed by atoms with Gasteiger partial charge in [-0.1, -0.05) is 0 Å². The quantitative estimate of drug-likeness (QED) is 0.888. The number of carbonyl (C=O) groups excluding carboxylic acids is 1. The van der Waals surface area contributed by atoms with Crippen LogP contribution in [0.3, 0.4) is 0 Å². The Kier molecular flexibility index (Phi) is 4.47. The van der Waals surface area contributed by atoms with Gasteiger partial charge in [-0.25, -0.2) is 4.79 Å². The van der Waals surface area contributed by atoms with E-state index >= 15 is 0 Å². The van der Waals surface area contributed by atoms with Crippen molar-refractivity contribution in [2.75, 3.05) is 30.7 Å². The van der Waals surface area contributed by atoms with Crippen LogP contribution in [0.4, 0.5) is 15.6 Å². The third-order valence-electron chi connectivity index (χ3n) is 3.32. The van der Waals surface area contributed by atoms with Crippen LogP contribution in [-0.4, -0.2) is 41.1 Å². The van der Waals surface area contributed by atoms with Gasteiger partial charge in [-0.3, -0.25) is 0 Å². The maximum atomic E-state index is 11.6. The number of amides is 1. The molecule has 0 aromatic carbocycles. The molecule has 0 radical (unpaired) electrons. The number of hydrogen-bond donors (Lipinski definition) is 2. The average molecular weight is 284 g/mol. The van der Waals surface area contributed by atoms with Crippen molar-refractivity contribution in [2.24, 2.45) is 0 Å². The maximum absolute atomic E-state index is 11.6. The highest BCUT2D eigenvalue weighted by Gasteiger charge is 2.24. The first kappa shape index (κ1) is 13.9. The molecule has 106 valence electrons. The number of nitrogens with two attached hydrogens (primary N) is 1. The largest absolute Gasteiger partial charge is 0.450 e. The second-order valence-corrected chi connectivity index (χ2v) is 5.40. The van der Waals surface area contributed by atoms with Crippen molar-refractivity contribution in [3.63, 3.8) is 0 Å². The summed E-state index contributed by atoms with van der Waals surface area (Å²) in [6, 6.07) is 0.365. The SMILES string of the molecule is CCOC(=O)N1CCC(Nc2snc(N)c2C)CC1. The second-order valence-electron chi connectivity index (χ2n) is 4.63. The van der Waals surface area contributed by atoms with E-state index in [2.05, 4.69) is 9.69 Å². The highest BCUT2D eigenvalue weighted by Crippen LogP contribution is 2.27. The minimum atomic E-state index is -0.209. The summed E-state index contributed by atoms with van der Waals surface area (Å²) < 4.78 is 9.12. The lowest BCUT2D eigenvalue weighted by Gasteiger charge is -2.31. The first-order valence-corrected chi connectivity index (χ1v) is 7.29. The van der Waals surface area contributed by atoms with Gasteiger partial charge in [-0.2, -0.15) is 4.37 Å². The van der Waals surface area contributed by atoms with Gasteiger partial charge in [0.2, 0.25) is 0 Å². The number of rotatable bonds is 3. The van der Waals surface area contributed by atoms with Crippen molar-refractivity contribution in [1.82, 2.24) is 9.27 Å². The van der Waals surface area contributed by atoms with Gasteiger partial charge in [0.1, 0.15) is 10.8 Å². The first-order valence-electron chi connectivity index (χ1n) is 6.51.